The number of hydrogen-bond acceptors (Lipinski definition) is 2. The van der Waals surface area contributed by atoms with Crippen LogP contribution in [0.25, 0.3) is 0 Å². The Bertz CT molecular complexity index is 467. The van der Waals surface area contributed by atoms with Crippen molar-refractivity contribution in [1.82, 2.24) is 10.2 Å². The first-order valence-corrected chi connectivity index (χ1v) is 5.96. The Kier molecular flexibility index (Phi) is 8.25. The lowest BCUT2D eigenvalue weighted by atomic mass is 10.0. The molecule has 1 aliphatic rings. The molecule has 0 saturated carbocycles. The fourth-order valence-corrected chi connectivity index (χ4v) is 2.26. The second kappa shape index (κ2) is 8.58. The molecule has 0 spiro atoms. The van der Waals surface area contributed by atoms with Crippen LogP contribution in [-0.4, -0.2) is 31.1 Å². The molecule has 1 aromatic rings. The number of nitrogens with one attached hydrogen (secondary N) is 1. The minimum absolute atomic E-state index is 0. The van der Waals surface area contributed by atoms with Gasteiger partial charge in [0.15, 0.2) is 23.3 Å². The maximum Gasteiger partial charge on any atom is 0.167 e. The average molecular weight is 347 g/mol. The summed E-state index contributed by atoms with van der Waals surface area (Å²) in [6, 6.07) is -0.668. The monoisotopic (exact) mass is 346 g/mol. The smallest absolute Gasteiger partial charge is 0.167 e. The Hall–Kier alpha value is -0.820. The van der Waals surface area contributed by atoms with Crippen LogP contribution in [0.4, 0.5) is 17.6 Å². The summed E-state index contributed by atoms with van der Waals surface area (Å²) in [6.45, 7) is 5.85. The van der Waals surface area contributed by atoms with Crippen LogP contribution in [-0.2, 0) is 0 Å². The van der Waals surface area contributed by atoms with E-state index in [0.29, 0.717) is 26.2 Å². The van der Waals surface area contributed by atoms with Gasteiger partial charge < -0.3 is 5.32 Å². The van der Waals surface area contributed by atoms with Crippen molar-refractivity contribution < 1.29 is 17.6 Å². The maximum atomic E-state index is 13.8. The van der Waals surface area contributed by atoms with E-state index < -0.39 is 34.9 Å². The summed E-state index contributed by atoms with van der Waals surface area (Å²) in [7, 11) is 0. The SMILES string of the molecule is C=C[C@@H](c1c(F)c(F)cc(F)c1F)N1CCNCC1.Cl.Cl. The van der Waals surface area contributed by atoms with Gasteiger partial charge >= 0.3 is 0 Å². The quantitative estimate of drug-likeness (QED) is 0.513. The maximum absolute atomic E-state index is 13.8. The van der Waals surface area contributed by atoms with Crippen LogP contribution in [0.5, 0.6) is 0 Å². The Labute approximate surface area is 133 Å². The molecule has 0 amide bonds. The van der Waals surface area contributed by atoms with Crippen LogP contribution >= 0.6 is 24.8 Å². The second-order valence-electron chi connectivity index (χ2n) is 4.35. The zero-order valence-corrected chi connectivity index (χ0v) is 12.7. The summed E-state index contributed by atoms with van der Waals surface area (Å²) < 4.78 is 54.0. The summed E-state index contributed by atoms with van der Waals surface area (Å²) >= 11 is 0. The molecular formula is C13H16Cl2F4N2. The van der Waals surface area contributed by atoms with E-state index in [1.165, 1.54) is 6.08 Å². The molecule has 0 radical (unpaired) electrons. The van der Waals surface area contributed by atoms with Crippen molar-refractivity contribution in [1.29, 1.82) is 0 Å². The summed E-state index contributed by atoms with van der Waals surface area (Å²) in [5, 5.41) is 3.09. The number of benzene rings is 1. The highest BCUT2D eigenvalue weighted by Crippen LogP contribution is 2.30. The molecule has 0 unspecified atom stereocenters. The van der Waals surface area contributed by atoms with E-state index in [9.17, 15) is 17.6 Å². The third-order valence-corrected chi connectivity index (χ3v) is 3.21. The number of piperazine rings is 1. The van der Waals surface area contributed by atoms with Gasteiger partial charge in [-0.25, -0.2) is 17.6 Å². The van der Waals surface area contributed by atoms with Gasteiger partial charge in [0.05, 0.1) is 11.6 Å². The molecule has 1 saturated heterocycles. The molecule has 1 N–H and O–H groups in total. The number of hydrogen-bond donors (Lipinski definition) is 1. The summed E-state index contributed by atoms with van der Waals surface area (Å²) in [6.07, 6.45) is 1.30. The van der Waals surface area contributed by atoms with Gasteiger partial charge in [-0.15, -0.1) is 31.4 Å². The van der Waals surface area contributed by atoms with Gasteiger partial charge in [-0.2, -0.15) is 0 Å². The molecule has 8 heteroatoms. The van der Waals surface area contributed by atoms with Crippen LogP contribution in [0.15, 0.2) is 18.7 Å². The normalized spacial score (nSPS) is 16.6. The van der Waals surface area contributed by atoms with E-state index in [2.05, 4.69) is 11.9 Å². The van der Waals surface area contributed by atoms with Crippen LogP contribution in [0.1, 0.15) is 11.6 Å². The Balaban J connectivity index is 0.00000200. The third kappa shape index (κ3) is 4.10. The second-order valence-corrected chi connectivity index (χ2v) is 4.35. The lowest BCUT2D eigenvalue weighted by molar-refractivity contribution is 0.195. The molecular weight excluding hydrogens is 331 g/mol. The van der Waals surface area contributed by atoms with Crippen molar-refractivity contribution >= 4 is 24.8 Å². The van der Waals surface area contributed by atoms with Gasteiger partial charge in [0.1, 0.15) is 0 Å². The fraction of sp³-hybridized carbons (Fsp3) is 0.385. The lowest BCUT2D eigenvalue weighted by Crippen LogP contribution is -2.45. The van der Waals surface area contributed by atoms with Gasteiger partial charge in [0.25, 0.3) is 0 Å². The fourth-order valence-electron chi connectivity index (χ4n) is 2.26. The average Bonchev–Trinajstić information content (AvgIpc) is 2.42. The topological polar surface area (TPSA) is 15.3 Å². The third-order valence-electron chi connectivity index (χ3n) is 3.21. The first kappa shape index (κ1) is 20.2. The largest absolute Gasteiger partial charge is 0.314 e. The zero-order valence-electron chi connectivity index (χ0n) is 11.0. The van der Waals surface area contributed by atoms with Crippen molar-refractivity contribution in [2.45, 2.75) is 6.04 Å². The van der Waals surface area contributed by atoms with E-state index in [0.717, 1.165) is 0 Å². The predicted octanol–water partition coefficient (Wildman–Crippen LogP) is 3.22. The molecule has 120 valence electrons. The highest BCUT2D eigenvalue weighted by atomic mass is 35.5. The van der Waals surface area contributed by atoms with Crippen molar-refractivity contribution in [3.05, 3.63) is 47.6 Å². The van der Waals surface area contributed by atoms with E-state index >= 15 is 0 Å². The van der Waals surface area contributed by atoms with Gasteiger partial charge in [-0.05, 0) is 0 Å². The molecule has 1 atom stereocenters. The van der Waals surface area contributed by atoms with E-state index in [4.69, 9.17) is 0 Å². The summed E-state index contributed by atoms with van der Waals surface area (Å²) in [5.41, 5.74) is -0.616. The lowest BCUT2D eigenvalue weighted by Gasteiger charge is -2.33. The number of halogens is 6. The molecule has 0 aromatic heterocycles. The minimum atomic E-state index is -1.39. The van der Waals surface area contributed by atoms with Gasteiger partial charge in [0, 0.05) is 32.2 Å². The van der Waals surface area contributed by atoms with E-state index in [1.807, 2.05) is 0 Å². The van der Waals surface area contributed by atoms with Gasteiger partial charge in [-0.3, -0.25) is 4.90 Å². The molecule has 0 bridgehead atoms. The molecule has 0 aliphatic carbocycles. The molecule has 21 heavy (non-hydrogen) atoms. The highest BCUT2D eigenvalue weighted by molar-refractivity contribution is 5.85. The first-order valence-electron chi connectivity index (χ1n) is 5.96. The molecule has 1 heterocycles. The molecule has 1 aliphatic heterocycles. The molecule has 1 fully saturated rings. The number of nitrogens with zero attached hydrogens (tertiary/aromatic N) is 1. The van der Waals surface area contributed by atoms with Gasteiger partial charge in [0.2, 0.25) is 0 Å². The van der Waals surface area contributed by atoms with Crippen LogP contribution in [0, 0.1) is 23.3 Å². The van der Waals surface area contributed by atoms with E-state index in [1.54, 1.807) is 4.90 Å². The van der Waals surface area contributed by atoms with Crippen molar-refractivity contribution in [2.75, 3.05) is 26.2 Å². The van der Waals surface area contributed by atoms with Crippen LogP contribution in [0.2, 0.25) is 0 Å². The standard InChI is InChI=1S/C13H14F4N2.2ClH/c1-2-10(19-5-3-18-4-6-19)11-12(16)8(14)7-9(15)13(11)17;;/h2,7,10,18H,1,3-6H2;2*1H/t10-;;/m0../s1. The summed E-state index contributed by atoms with van der Waals surface area (Å²) in [4.78, 5) is 1.73. The molecule has 1 aromatic carbocycles. The van der Waals surface area contributed by atoms with E-state index in [-0.39, 0.29) is 30.9 Å². The predicted molar refractivity (Wildman–Crippen MR) is 78.2 cm³/mol. The molecule has 2 rings (SSSR count). The van der Waals surface area contributed by atoms with Crippen LogP contribution in [0.3, 0.4) is 0 Å². The molecule has 2 nitrogen and oxygen atoms in total. The summed E-state index contributed by atoms with van der Waals surface area (Å²) in [5.74, 6) is -5.50. The van der Waals surface area contributed by atoms with Crippen molar-refractivity contribution in [3.8, 4) is 0 Å². The zero-order chi connectivity index (χ0) is 14.0. The Morgan fingerprint density at radius 3 is 1.95 bits per heavy atom. The van der Waals surface area contributed by atoms with Crippen LogP contribution < -0.4 is 5.32 Å². The highest BCUT2D eigenvalue weighted by Gasteiger charge is 2.29. The van der Waals surface area contributed by atoms with Gasteiger partial charge in [-0.1, -0.05) is 6.08 Å². The number of rotatable bonds is 3. The van der Waals surface area contributed by atoms with Crippen molar-refractivity contribution in [2.24, 2.45) is 0 Å². The Morgan fingerprint density at radius 2 is 1.52 bits per heavy atom. The minimum Gasteiger partial charge on any atom is -0.314 e. The first-order chi connectivity index (χ1) is 9.06. The Morgan fingerprint density at radius 1 is 1.05 bits per heavy atom. The van der Waals surface area contributed by atoms with Crippen molar-refractivity contribution in [3.63, 3.8) is 0 Å².